The highest BCUT2D eigenvalue weighted by Gasteiger charge is 2.18. The minimum atomic E-state index is -0.875. The van der Waals surface area contributed by atoms with Gasteiger partial charge in [0.15, 0.2) is 11.6 Å². The molecule has 0 aliphatic carbocycles. The minimum Gasteiger partial charge on any atom is -0.320 e. The lowest BCUT2D eigenvalue weighted by atomic mass is 9.97. The topological polar surface area (TPSA) is 38.9 Å². The molecule has 0 bridgehead atoms. The van der Waals surface area contributed by atoms with Crippen molar-refractivity contribution in [3.8, 4) is 0 Å². The Morgan fingerprint density at radius 1 is 1.00 bits per heavy atom. The maximum atomic E-state index is 13.9. The van der Waals surface area contributed by atoms with Crippen LogP contribution in [0.2, 0.25) is 0 Å². The summed E-state index contributed by atoms with van der Waals surface area (Å²) in [6, 6.07) is 5.94. The Kier molecular flexibility index (Phi) is 3.62. The van der Waals surface area contributed by atoms with E-state index in [0.29, 0.717) is 0 Å². The van der Waals surface area contributed by atoms with E-state index in [1.807, 2.05) is 13.8 Å². The van der Waals surface area contributed by atoms with Crippen LogP contribution in [0.25, 0.3) is 0 Å². The van der Waals surface area contributed by atoms with Crippen LogP contribution in [0.15, 0.2) is 24.3 Å². The predicted octanol–water partition coefficient (Wildman–Crippen LogP) is 3.33. The Hall–Kier alpha value is -1.81. The first-order valence-electron chi connectivity index (χ1n) is 6.05. The van der Waals surface area contributed by atoms with E-state index >= 15 is 0 Å². The molecule has 0 spiro atoms. The van der Waals surface area contributed by atoms with Crippen molar-refractivity contribution in [1.29, 1.82) is 0 Å². The van der Waals surface area contributed by atoms with Crippen molar-refractivity contribution in [2.45, 2.75) is 26.8 Å². The number of aryl methyl sites for hydroxylation is 3. The molecule has 0 aliphatic rings. The van der Waals surface area contributed by atoms with Crippen LogP contribution < -0.4 is 5.73 Å². The molecule has 1 atom stereocenters. The zero-order valence-electron chi connectivity index (χ0n) is 11.2. The Morgan fingerprint density at radius 2 is 1.58 bits per heavy atom. The van der Waals surface area contributed by atoms with Crippen LogP contribution in [-0.2, 0) is 0 Å². The minimum absolute atomic E-state index is 0.160. The van der Waals surface area contributed by atoms with E-state index in [4.69, 9.17) is 5.73 Å². The summed E-state index contributed by atoms with van der Waals surface area (Å²) in [5.74, 6) is -1.71. The van der Waals surface area contributed by atoms with Gasteiger partial charge in [-0.2, -0.15) is 0 Å². The molecule has 100 valence electrons. The third-order valence-electron chi connectivity index (χ3n) is 3.10. The summed E-state index contributed by atoms with van der Waals surface area (Å²) in [5.41, 5.74) is 8.81. The molecule has 19 heavy (non-hydrogen) atoms. The van der Waals surface area contributed by atoms with Crippen LogP contribution in [0.1, 0.15) is 34.1 Å². The van der Waals surface area contributed by atoms with Gasteiger partial charge in [0.05, 0.1) is 6.04 Å². The van der Waals surface area contributed by atoms with Crippen LogP contribution >= 0.6 is 0 Å². The summed E-state index contributed by atoms with van der Waals surface area (Å²) in [5, 5.41) is 0. The van der Waals surface area contributed by atoms with E-state index in [2.05, 4.69) is 4.98 Å². The van der Waals surface area contributed by atoms with Gasteiger partial charge in [-0.15, -0.1) is 0 Å². The van der Waals surface area contributed by atoms with Crippen LogP contribution in [-0.4, -0.2) is 4.98 Å². The summed E-state index contributed by atoms with van der Waals surface area (Å²) >= 11 is 0. The molecule has 4 heteroatoms. The Morgan fingerprint density at radius 3 is 2.16 bits per heavy atom. The van der Waals surface area contributed by atoms with Crippen molar-refractivity contribution in [1.82, 2.24) is 4.98 Å². The molecule has 1 unspecified atom stereocenters. The lowest BCUT2D eigenvalue weighted by molar-refractivity contribution is 0.489. The van der Waals surface area contributed by atoms with E-state index in [0.717, 1.165) is 17.0 Å². The maximum absolute atomic E-state index is 13.9. The molecule has 1 heterocycles. The number of rotatable bonds is 2. The summed E-state index contributed by atoms with van der Waals surface area (Å²) in [6.45, 7) is 5.21. The molecule has 0 fully saturated rings. The second-order valence-corrected chi connectivity index (χ2v) is 4.76. The molecular formula is C15H16F2N2. The average molecular weight is 262 g/mol. The Balaban J connectivity index is 2.50. The second kappa shape index (κ2) is 5.05. The molecule has 0 aliphatic heterocycles. The molecule has 0 saturated heterocycles. The molecule has 0 saturated carbocycles. The lowest BCUT2D eigenvalue weighted by Crippen LogP contribution is -2.15. The number of nitrogens with zero attached hydrogens (tertiary/aromatic N) is 1. The van der Waals surface area contributed by atoms with E-state index in [1.54, 1.807) is 12.1 Å². The molecule has 0 radical (unpaired) electrons. The monoisotopic (exact) mass is 262 g/mol. The fourth-order valence-electron chi connectivity index (χ4n) is 2.13. The molecule has 2 N–H and O–H groups in total. The van der Waals surface area contributed by atoms with Crippen molar-refractivity contribution < 1.29 is 8.78 Å². The van der Waals surface area contributed by atoms with E-state index in [-0.39, 0.29) is 11.1 Å². The average Bonchev–Trinajstić information content (AvgIpc) is 2.34. The summed E-state index contributed by atoms with van der Waals surface area (Å²) in [4.78, 5) is 4.24. The van der Waals surface area contributed by atoms with Gasteiger partial charge in [-0.1, -0.05) is 12.1 Å². The van der Waals surface area contributed by atoms with Gasteiger partial charge in [0.1, 0.15) is 0 Å². The number of aromatic nitrogens is 1. The standard InChI is InChI=1S/C15H16F2N2/c1-8-4-5-12(14(17)13(8)16)15(18)11-6-9(2)19-10(3)7-11/h4-7,15H,18H2,1-3H3. The third-order valence-corrected chi connectivity index (χ3v) is 3.10. The highest BCUT2D eigenvalue weighted by atomic mass is 19.2. The van der Waals surface area contributed by atoms with E-state index < -0.39 is 17.7 Å². The van der Waals surface area contributed by atoms with Gasteiger partial charge in [-0.05, 0) is 44.0 Å². The number of halogens is 2. The molecule has 1 aromatic heterocycles. The predicted molar refractivity (Wildman–Crippen MR) is 70.8 cm³/mol. The van der Waals surface area contributed by atoms with Crippen LogP contribution in [0.5, 0.6) is 0 Å². The molecular weight excluding hydrogens is 246 g/mol. The fourth-order valence-corrected chi connectivity index (χ4v) is 2.13. The van der Waals surface area contributed by atoms with Crippen molar-refractivity contribution in [3.63, 3.8) is 0 Å². The highest BCUT2D eigenvalue weighted by Crippen LogP contribution is 2.25. The van der Waals surface area contributed by atoms with Crippen molar-refractivity contribution in [3.05, 3.63) is 64.0 Å². The Labute approximate surface area is 111 Å². The summed E-state index contributed by atoms with van der Waals surface area (Å²) < 4.78 is 27.5. The van der Waals surface area contributed by atoms with Gasteiger partial charge < -0.3 is 5.73 Å². The summed E-state index contributed by atoms with van der Waals surface area (Å²) in [7, 11) is 0. The van der Waals surface area contributed by atoms with Gasteiger partial charge in [0.25, 0.3) is 0 Å². The number of pyridine rings is 1. The number of nitrogens with two attached hydrogens (primary N) is 1. The van der Waals surface area contributed by atoms with Crippen LogP contribution in [0, 0.1) is 32.4 Å². The van der Waals surface area contributed by atoms with Gasteiger partial charge in [-0.3, -0.25) is 4.98 Å². The lowest BCUT2D eigenvalue weighted by Gasteiger charge is -2.15. The molecule has 0 amide bonds. The number of hydrogen-bond donors (Lipinski definition) is 1. The van der Waals surface area contributed by atoms with Gasteiger partial charge in [0.2, 0.25) is 0 Å². The zero-order chi connectivity index (χ0) is 14.2. The SMILES string of the molecule is Cc1cc(C(N)c2ccc(C)c(F)c2F)cc(C)n1. The Bertz CT molecular complexity index is 604. The van der Waals surface area contributed by atoms with Crippen LogP contribution in [0.4, 0.5) is 8.78 Å². The largest absolute Gasteiger partial charge is 0.320 e. The van der Waals surface area contributed by atoms with Crippen molar-refractivity contribution in [2.24, 2.45) is 5.73 Å². The quantitative estimate of drug-likeness (QED) is 0.901. The molecule has 2 nitrogen and oxygen atoms in total. The first-order chi connectivity index (χ1) is 8.90. The van der Waals surface area contributed by atoms with Gasteiger partial charge >= 0.3 is 0 Å². The number of benzene rings is 1. The van der Waals surface area contributed by atoms with Crippen molar-refractivity contribution in [2.75, 3.05) is 0 Å². The first-order valence-corrected chi connectivity index (χ1v) is 6.05. The number of hydrogen-bond acceptors (Lipinski definition) is 2. The van der Waals surface area contributed by atoms with E-state index in [1.165, 1.54) is 19.1 Å². The normalized spacial score (nSPS) is 12.5. The van der Waals surface area contributed by atoms with Crippen LogP contribution in [0.3, 0.4) is 0 Å². The molecule has 2 aromatic rings. The molecule has 2 rings (SSSR count). The first kappa shape index (κ1) is 13.6. The van der Waals surface area contributed by atoms with Gasteiger partial charge in [0, 0.05) is 17.0 Å². The maximum Gasteiger partial charge on any atom is 0.164 e. The summed E-state index contributed by atoms with van der Waals surface area (Å²) in [6.07, 6.45) is 0. The second-order valence-electron chi connectivity index (χ2n) is 4.76. The van der Waals surface area contributed by atoms with Crippen molar-refractivity contribution >= 4 is 0 Å². The fraction of sp³-hybridized carbons (Fsp3) is 0.267. The van der Waals surface area contributed by atoms with E-state index in [9.17, 15) is 8.78 Å². The van der Waals surface area contributed by atoms with Gasteiger partial charge in [-0.25, -0.2) is 8.78 Å². The smallest absolute Gasteiger partial charge is 0.164 e. The third kappa shape index (κ3) is 2.63. The highest BCUT2D eigenvalue weighted by molar-refractivity contribution is 5.36. The zero-order valence-corrected chi connectivity index (χ0v) is 11.2. The molecule has 1 aromatic carbocycles.